The molecular weight excluding hydrogens is 480 g/mol. The third-order valence-electron chi connectivity index (χ3n) is 9.51. The quantitative estimate of drug-likeness (QED) is 0.0553. The average Bonchev–Trinajstić information content (AvgIpc) is 2.95. The Balaban J connectivity index is 4.93. The highest BCUT2D eigenvalue weighted by molar-refractivity contribution is 5.06. The Kier molecular flexibility index (Phi) is 31.5. The van der Waals surface area contributed by atoms with E-state index in [1.165, 1.54) is 205 Å². The summed E-state index contributed by atoms with van der Waals surface area (Å²) in [6.07, 6.45) is 48.5. The van der Waals surface area contributed by atoms with Gasteiger partial charge in [-0.05, 0) is 50.4 Å². The first-order chi connectivity index (χ1) is 19.6. The van der Waals surface area contributed by atoms with Crippen LogP contribution in [-0.4, -0.2) is 0 Å². The van der Waals surface area contributed by atoms with Gasteiger partial charge in [0.25, 0.3) is 0 Å². The van der Waals surface area contributed by atoms with Crippen LogP contribution in [0, 0.1) is 5.41 Å². The van der Waals surface area contributed by atoms with Crippen LogP contribution in [0.4, 0.5) is 0 Å². The first-order valence-corrected chi connectivity index (χ1v) is 19.3. The van der Waals surface area contributed by atoms with Gasteiger partial charge in [-0.3, -0.25) is 0 Å². The van der Waals surface area contributed by atoms with Crippen molar-refractivity contribution in [2.24, 2.45) is 5.41 Å². The van der Waals surface area contributed by atoms with E-state index < -0.39 is 0 Å². The molecule has 0 bridgehead atoms. The lowest BCUT2D eigenvalue weighted by Crippen LogP contribution is -2.18. The highest BCUT2D eigenvalue weighted by Gasteiger charge is 2.24. The van der Waals surface area contributed by atoms with Crippen molar-refractivity contribution in [2.45, 2.75) is 240 Å². The molecule has 0 aliphatic carbocycles. The molecule has 0 aromatic rings. The molecular formula is C40H80. The summed E-state index contributed by atoms with van der Waals surface area (Å²) in [6, 6.07) is 0. The van der Waals surface area contributed by atoms with Gasteiger partial charge in [-0.2, -0.15) is 0 Å². The van der Waals surface area contributed by atoms with Crippen molar-refractivity contribution in [2.75, 3.05) is 0 Å². The minimum atomic E-state index is 0.529. The lowest BCUT2D eigenvalue weighted by Gasteiger charge is -2.32. The highest BCUT2D eigenvalue weighted by Crippen LogP contribution is 2.39. The van der Waals surface area contributed by atoms with E-state index in [-0.39, 0.29) is 0 Å². The summed E-state index contributed by atoms with van der Waals surface area (Å²) < 4.78 is 0. The van der Waals surface area contributed by atoms with E-state index >= 15 is 0 Å². The minimum Gasteiger partial charge on any atom is -0.0853 e. The van der Waals surface area contributed by atoms with Gasteiger partial charge in [0.05, 0.1) is 0 Å². The first-order valence-electron chi connectivity index (χ1n) is 19.3. The molecule has 0 aliphatic heterocycles. The average molecular weight is 561 g/mol. The molecule has 0 rings (SSSR count). The number of unbranched alkanes of at least 4 members (excludes halogenated alkanes) is 24. The smallest absolute Gasteiger partial charge is 0.0266 e. The van der Waals surface area contributed by atoms with E-state index in [0.29, 0.717) is 5.41 Å². The molecule has 0 spiro atoms. The topological polar surface area (TPSA) is 0 Å². The molecule has 240 valence electrons. The van der Waals surface area contributed by atoms with E-state index in [4.69, 9.17) is 0 Å². The zero-order chi connectivity index (χ0) is 29.4. The van der Waals surface area contributed by atoms with Gasteiger partial charge in [-0.25, -0.2) is 0 Å². The van der Waals surface area contributed by atoms with Crippen LogP contribution in [0.3, 0.4) is 0 Å². The second-order valence-corrected chi connectivity index (χ2v) is 14.0. The molecule has 0 aromatic carbocycles. The van der Waals surface area contributed by atoms with Gasteiger partial charge in [-0.1, -0.05) is 207 Å². The lowest BCUT2D eigenvalue weighted by molar-refractivity contribution is 0.245. The largest absolute Gasteiger partial charge is 0.0853 e. The summed E-state index contributed by atoms with van der Waals surface area (Å²) >= 11 is 0. The summed E-state index contributed by atoms with van der Waals surface area (Å²) in [5.41, 5.74) is 2.37. The van der Waals surface area contributed by atoms with Gasteiger partial charge in [0.2, 0.25) is 0 Å². The standard InChI is InChI=1S/C40H80/c1-6-10-14-18-22-24-27-31-35-39(34-30-26-20-16-12-8-3)38-40(5,36-32-28-21-17-13-9-4)37-33-29-25-23-19-15-11-7-2/h35H,6-34,36-38H2,1-5H3. The van der Waals surface area contributed by atoms with Crippen LogP contribution in [0.2, 0.25) is 0 Å². The van der Waals surface area contributed by atoms with Crippen molar-refractivity contribution in [1.82, 2.24) is 0 Å². The zero-order valence-electron chi connectivity index (χ0n) is 29.2. The SMILES string of the molecule is CCCCCCCCCC=C(CCCCCCCC)CC(C)(CCCCCCCC)CCCCCCCCCC. The van der Waals surface area contributed by atoms with E-state index in [0.717, 1.165) is 0 Å². The van der Waals surface area contributed by atoms with Gasteiger partial charge in [0.15, 0.2) is 0 Å². The van der Waals surface area contributed by atoms with Gasteiger partial charge in [0, 0.05) is 0 Å². The Labute approximate surface area is 256 Å². The fourth-order valence-electron chi connectivity index (χ4n) is 6.67. The van der Waals surface area contributed by atoms with Gasteiger partial charge in [-0.15, -0.1) is 0 Å². The molecule has 40 heavy (non-hydrogen) atoms. The summed E-state index contributed by atoms with van der Waals surface area (Å²) in [5, 5.41) is 0. The van der Waals surface area contributed by atoms with Crippen molar-refractivity contribution in [3.8, 4) is 0 Å². The Bertz CT molecular complexity index is 502. The van der Waals surface area contributed by atoms with Crippen LogP contribution in [0.1, 0.15) is 240 Å². The van der Waals surface area contributed by atoms with E-state index in [1.54, 1.807) is 0 Å². The van der Waals surface area contributed by atoms with E-state index in [2.05, 4.69) is 40.7 Å². The number of allylic oxidation sites excluding steroid dienone is 2. The molecule has 0 heteroatoms. The van der Waals surface area contributed by atoms with Crippen molar-refractivity contribution in [3.05, 3.63) is 11.6 Å². The second-order valence-electron chi connectivity index (χ2n) is 14.0. The van der Waals surface area contributed by atoms with Crippen molar-refractivity contribution >= 4 is 0 Å². The van der Waals surface area contributed by atoms with Crippen molar-refractivity contribution < 1.29 is 0 Å². The van der Waals surface area contributed by atoms with Crippen LogP contribution in [0.25, 0.3) is 0 Å². The van der Waals surface area contributed by atoms with Crippen LogP contribution in [-0.2, 0) is 0 Å². The van der Waals surface area contributed by atoms with Crippen LogP contribution >= 0.6 is 0 Å². The van der Waals surface area contributed by atoms with E-state index in [9.17, 15) is 0 Å². The highest BCUT2D eigenvalue weighted by atomic mass is 14.3. The van der Waals surface area contributed by atoms with E-state index in [1.807, 2.05) is 5.57 Å². The summed E-state index contributed by atoms with van der Waals surface area (Å²) in [6.45, 7) is 12.0. The Morgan fingerprint density at radius 3 is 1.12 bits per heavy atom. The Morgan fingerprint density at radius 1 is 0.400 bits per heavy atom. The molecule has 0 heterocycles. The molecule has 1 atom stereocenters. The molecule has 0 N–H and O–H groups in total. The zero-order valence-corrected chi connectivity index (χ0v) is 29.2. The molecule has 0 amide bonds. The van der Waals surface area contributed by atoms with Crippen LogP contribution < -0.4 is 0 Å². The van der Waals surface area contributed by atoms with Gasteiger partial charge in [0.1, 0.15) is 0 Å². The summed E-state index contributed by atoms with van der Waals surface area (Å²) in [7, 11) is 0. The molecule has 0 aromatic heterocycles. The minimum absolute atomic E-state index is 0.529. The monoisotopic (exact) mass is 561 g/mol. The van der Waals surface area contributed by atoms with Crippen molar-refractivity contribution in [3.63, 3.8) is 0 Å². The molecule has 0 saturated carbocycles. The fraction of sp³-hybridized carbons (Fsp3) is 0.950. The predicted molar refractivity (Wildman–Crippen MR) is 187 cm³/mol. The normalized spacial score (nSPS) is 13.7. The molecule has 1 unspecified atom stereocenters. The maximum Gasteiger partial charge on any atom is -0.0266 e. The maximum atomic E-state index is 2.74. The van der Waals surface area contributed by atoms with Crippen LogP contribution in [0.5, 0.6) is 0 Å². The number of hydrogen-bond donors (Lipinski definition) is 0. The third kappa shape index (κ3) is 27.9. The predicted octanol–water partition coefficient (Wildman–Crippen LogP) is 15.5. The second kappa shape index (κ2) is 31.7. The molecule has 0 aliphatic rings. The number of rotatable bonds is 33. The first kappa shape index (κ1) is 39.7. The molecule has 0 radical (unpaired) electrons. The number of hydrogen-bond acceptors (Lipinski definition) is 0. The van der Waals surface area contributed by atoms with Gasteiger partial charge < -0.3 is 0 Å². The van der Waals surface area contributed by atoms with Crippen LogP contribution in [0.15, 0.2) is 11.6 Å². The maximum absolute atomic E-state index is 2.74. The molecule has 0 nitrogen and oxygen atoms in total. The fourth-order valence-corrected chi connectivity index (χ4v) is 6.67. The summed E-state index contributed by atoms with van der Waals surface area (Å²) in [4.78, 5) is 0. The van der Waals surface area contributed by atoms with Gasteiger partial charge >= 0.3 is 0 Å². The lowest BCUT2D eigenvalue weighted by atomic mass is 9.74. The van der Waals surface area contributed by atoms with Crippen molar-refractivity contribution in [1.29, 1.82) is 0 Å². The molecule has 0 saturated heterocycles. The molecule has 0 fully saturated rings. The summed E-state index contributed by atoms with van der Waals surface area (Å²) in [5.74, 6) is 0. The Morgan fingerprint density at radius 2 is 0.725 bits per heavy atom. The third-order valence-corrected chi connectivity index (χ3v) is 9.51. The Hall–Kier alpha value is -0.260.